The normalized spacial score (nSPS) is 12.0. The Morgan fingerprint density at radius 3 is 2.50 bits per heavy atom. The molecule has 2 aromatic carbocycles. The molecule has 8 heteroatoms. The molecule has 0 saturated heterocycles. The Labute approximate surface area is 167 Å². The molecule has 0 radical (unpaired) electrons. The summed E-state index contributed by atoms with van der Waals surface area (Å²) in [6.07, 6.45) is 4.83. The second-order valence-corrected chi connectivity index (χ2v) is 8.90. The van der Waals surface area contributed by atoms with Crippen molar-refractivity contribution in [1.29, 1.82) is 5.26 Å². The highest BCUT2D eigenvalue weighted by Crippen LogP contribution is 2.30. The molecular formula is C18H11Br2N3O2S. The summed E-state index contributed by atoms with van der Waals surface area (Å²) in [6, 6.07) is 15.5. The van der Waals surface area contributed by atoms with Crippen LogP contribution in [0, 0.1) is 11.3 Å². The maximum atomic E-state index is 12.8. The molecule has 0 aliphatic carbocycles. The van der Waals surface area contributed by atoms with Crippen LogP contribution in [0.15, 0.2) is 79.7 Å². The predicted octanol–water partition coefficient (Wildman–Crippen LogP) is 4.74. The van der Waals surface area contributed by atoms with Gasteiger partial charge in [0.05, 0.1) is 10.6 Å². The average Bonchev–Trinajstić information content (AvgIpc) is 3.16. The van der Waals surface area contributed by atoms with Gasteiger partial charge in [-0.2, -0.15) is 10.4 Å². The fourth-order valence-corrected chi connectivity index (χ4v) is 4.92. The number of rotatable bonds is 4. The minimum Gasteiger partial charge on any atom is -0.241 e. The highest BCUT2D eigenvalue weighted by molar-refractivity contribution is 9.11. The van der Waals surface area contributed by atoms with Gasteiger partial charge in [-0.05, 0) is 64.0 Å². The Kier molecular flexibility index (Phi) is 5.41. The molecule has 5 nitrogen and oxygen atoms in total. The molecule has 3 rings (SSSR count). The van der Waals surface area contributed by atoms with Gasteiger partial charge in [0.1, 0.15) is 11.0 Å². The van der Waals surface area contributed by atoms with Crippen LogP contribution in [-0.2, 0) is 9.84 Å². The third-order valence-electron chi connectivity index (χ3n) is 3.54. The van der Waals surface area contributed by atoms with Crippen molar-refractivity contribution in [3.63, 3.8) is 0 Å². The van der Waals surface area contributed by atoms with Gasteiger partial charge in [0.15, 0.2) is 0 Å². The molecule has 0 bridgehead atoms. The summed E-state index contributed by atoms with van der Waals surface area (Å²) in [7, 11) is -3.95. The van der Waals surface area contributed by atoms with E-state index in [0.717, 1.165) is 5.69 Å². The molecule has 1 aromatic heterocycles. The number of nitrogens with zero attached hydrogens (tertiary/aromatic N) is 3. The Morgan fingerprint density at radius 2 is 1.88 bits per heavy atom. The summed E-state index contributed by atoms with van der Waals surface area (Å²) in [5.74, 6) is 0. The average molecular weight is 493 g/mol. The molecule has 26 heavy (non-hydrogen) atoms. The molecule has 0 N–H and O–H groups in total. The molecule has 0 fully saturated rings. The molecular weight excluding hydrogens is 482 g/mol. The summed E-state index contributed by atoms with van der Waals surface area (Å²) in [5, 5.41) is 13.5. The van der Waals surface area contributed by atoms with Crippen LogP contribution >= 0.6 is 31.9 Å². The minimum absolute atomic E-state index is 0.0350. The zero-order valence-electron chi connectivity index (χ0n) is 13.2. The van der Waals surface area contributed by atoms with Gasteiger partial charge in [-0.1, -0.05) is 28.1 Å². The Balaban J connectivity index is 2.00. The van der Waals surface area contributed by atoms with E-state index in [4.69, 9.17) is 0 Å². The lowest BCUT2D eigenvalue weighted by Crippen LogP contribution is -2.04. The number of benzene rings is 2. The summed E-state index contributed by atoms with van der Waals surface area (Å²) in [4.78, 5) is -0.295. The standard InChI is InChI=1S/C18H11Br2N3O2S/c19-14-4-7-17(20)18(11-14)26(24,25)16(12-21)10-13-2-5-15(6-3-13)23-9-1-8-22-23/h1-11H/b16-10+. The van der Waals surface area contributed by atoms with E-state index in [1.807, 2.05) is 6.07 Å². The van der Waals surface area contributed by atoms with E-state index < -0.39 is 9.84 Å². The van der Waals surface area contributed by atoms with E-state index in [0.29, 0.717) is 14.5 Å². The second kappa shape index (κ2) is 7.58. The Bertz CT molecular complexity index is 1110. The smallest absolute Gasteiger partial charge is 0.217 e. The molecule has 0 aliphatic heterocycles. The summed E-state index contributed by atoms with van der Waals surface area (Å²) >= 11 is 6.49. The first-order valence-corrected chi connectivity index (χ1v) is 10.4. The molecule has 0 saturated carbocycles. The number of allylic oxidation sites excluding steroid dienone is 1. The number of nitriles is 1. The number of halogens is 2. The summed E-state index contributed by atoms with van der Waals surface area (Å²) in [5.41, 5.74) is 1.44. The van der Waals surface area contributed by atoms with Gasteiger partial charge >= 0.3 is 0 Å². The van der Waals surface area contributed by atoms with Crippen molar-refractivity contribution in [2.75, 3.05) is 0 Å². The van der Waals surface area contributed by atoms with Crippen molar-refractivity contribution < 1.29 is 8.42 Å². The van der Waals surface area contributed by atoms with Crippen molar-refractivity contribution in [2.45, 2.75) is 4.90 Å². The minimum atomic E-state index is -3.95. The first kappa shape index (κ1) is 18.6. The molecule has 0 aliphatic rings. The maximum absolute atomic E-state index is 12.8. The fraction of sp³-hybridized carbons (Fsp3) is 0. The van der Waals surface area contributed by atoms with Gasteiger partial charge in [-0.3, -0.25) is 0 Å². The highest BCUT2D eigenvalue weighted by atomic mass is 79.9. The number of hydrogen-bond donors (Lipinski definition) is 0. The van der Waals surface area contributed by atoms with Crippen molar-refractivity contribution >= 4 is 47.8 Å². The first-order valence-electron chi connectivity index (χ1n) is 7.34. The van der Waals surface area contributed by atoms with Gasteiger partial charge in [0.2, 0.25) is 9.84 Å². The Morgan fingerprint density at radius 1 is 1.15 bits per heavy atom. The molecule has 1 heterocycles. The Hall–Kier alpha value is -2.21. The topological polar surface area (TPSA) is 75.8 Å². The zero-order chi connectivity index (χ0) is 18.7. The van der Waals surface area contributed by atoms with E-state index in [9.17, 15) is 13.7 Å². The van der Waals surface area contributed by atoms with Crippen molar-refractivity contribution in [2.24, 2.45) is 0 Å². The summed E-state index contributed by atoms with van der Waals surface area (Å²) in [6.45, 7) is 0. The lowest BCUT2D eigenvalue weighted by atomic mass is 10.2. The van der Waals surface area contributed by atoms with Crippen molar-refractivity contribution in [3.05, 3.63) is 80.3 Å². The van der Waals surface area contributed by atoms with Gasteiger partial charge in [0, 0.05) is 21.3 Å². The monoisotopic (exact) mass is 491 g/mol. The fourth-order valence-electron chi connectivity index (χ4n) is 2.27. The number of aromatic nitrogens is 2. The molecule has 0 unspecified atom stereocenters. The van der Waals surface area contributed by atoms with E-state index in [1.54, 1.807) is 59.5 Å². The predicted molar refractivity (Wildman–Crippen MR) is 106 cm³/mol. The van der Waals surface area contributed by atoms with Crippen molar-refractivity contribution in [1.82, 2.24) is 9.78 Å². The maximum Gasteiger partial charge on any atom is 0.217 e. The van der Waals surface area contributed by atoms with Gasteiger partial charge in [0.25, 0.3) is 0 Å². The van der Waals surface area contributed by atoms with E-state index >= 15 is 0 Å². The van der Waals surface area contributed by atoms with Crippen LogP contribution in [0.3, 0.4) is 0 Å². The molecule has 3 aromatic rings. The van der Waals surface area contributed by atoms with Crippen LogP contribution in [0.5, 0.6) is 0 Å². The largest absolute Gasteiger partial charge is 0.241 e. The van der Waals surface area contributed by atoms with Crippen LogP contribution in [-0.4, -0.2) is 18.2 Å². The first-order chi connectivity index (χ1) is 12.4. The number of sulfone groups is 1. The van der Waals surface area contributed by atoms with Crippen LogP contribution in [0.1, 0.15) is 5.56 Å². The summed E-state index contributed by atoms with van der Waals surface area (Å²) < 4.78 is 28.4. The van der Waals surface area contributed by atoms with Crippen LogP contribution in [0.25, 0.3) is 11.8 Å². The molecule has 0 spiro atoms. The van der Waals surface area contributed by atoms with E-state index in [-0.39, 0.29) is 9.80 Å². The highest BCUT2D eigenvalue weighted by Gasteiger charge is 2.23. The third-order valence-corrected chi connectivity index (χ3v) is 6.69. The zero-order valence-corrected chi connectivity index (χ0v) is 17.2. The quantitative estimate of drug-likeness (QED) is 0.493. The third kappa shape index (κ3) is 3.80. The van der Waals surface area contributed by atoms with Crippen LogP contribution in [0.4, 0.5) is 0 Å². The number of hydrogen-bond acceptors (Lipinski definition) is 4. The van der Waals surface area contributed by atoms with E-state index in [2.05, 4.69) is 37.0 Å². The van der Waals surface area contributed by atoms with Crippen molar-refractivity contribution in [3.8, 4) is 11.8 Å². The van der Waals surface area contributed by atoms with Gasteiger partial charge in [-0.15, -0.1) is 0 Å². The van der Waals surface area contributed by atoms with Crippen LogP contribution < -0.4 is 0 Å². The van der Waals surface area contributed by atoms with Gasteiger partial charge < -0.3 is 0 Å². The molecule has 0 amide bonds. The molecule has 130 valence electrons. The van der Waals surface area contributed by atoms with Gasteiger partial charge in [-0.25, -0.2) is 13.1 Å². The lowest BCUT2D eigenvalue weighted by Gasteiger charge is -2.07. The molecule has 0 atom stereocenters. The van der Waals surface area contributed by atoms with Crippen LogP contribution in [0.2, 0.25) is 0 Å². The van der Waals surface area contributed by atoms with E-state index in [1.165, 1.54) is 12.1 Å². The SMILES string of the molecule is N#C/C(=C\c1ccc(-n2cccn2)cc1)S(=O)(=O)c1cc(Br)ccc1Br. The lowest BCUT2D eigenvalue weighted by molar-refractivity contribution is 0.603. The second-order valence-electron chi connectivity index (χ2n) is 5.24.